The Hall–Kier alpha value is -1.45. The highest BCUT2D eigenvalue weighted by molar-refractivity contribution is 5.91. The van der Waals surface area contributed by atoms with E-state index in [0.29, 0.717) is 0 Å². The number of hydrogen-bond acceptors (Lipinski definition) is 2. The molecule has 1 heterocycles. The van der Waals surface area contributed by atoms with Crippen molar-refractivity contribution in [2.24, 2.45) is 0 Å². The van der Waals surface area contributed by atoms with Crippen LogP contribution in [0, 0.1) is 0 Å². The number of hydrogen-bond donors (Lipinski definition) is 1. The highest BCUT2D eigenvalue weighted by Crippen LogP contribution is 1.91. The quantitative estimate of drug-likeness (QED) is 0.638. The Balaban J connectivity index is 2.69. The van der Waals surface area contributed by atoms with Gasteiger partial charge in [0.05, 0.1) is 0 Å². The van der Waals surface area contributed by atoms with Crippen LogP contribution in [0.3, 0.4) is 0 Å². The SMILES string of the molecule is O=C(NCF)c1ccccn1. The molecular weight excluding hydrogens is 147 g/mol. The van der Waals surface area contributed by atoms with Gasteiger partial charge in [-0.3, -0.25) is 9.78 Å². The second kappa shape index (κ2) is 3.65. The highest BCUT2D eigenvalue weighted by atomic mass is 19.1. The van der Waals surface area contributed by atoms with Gasteiger partial charge in [-0.15, -0.1) is 0 Å². The third-order valence-corrected chi connectivity index (χ3v) is 1.12. The Morgan fingerprint density at radius 3 is 3.00 bits per heavy atom. The largest absolute Gasteiger partial charge is 0.323 e. The molecule has 0 fully saturated rings. The zero-order valence-electron chi connectivity index (χ0n) is 5.75. The number of nitrogens with zero attached hydrogens (tertiary/aromatic N) is 1. The molecule has 1 aromatic heterocycles. The van der Waals surface area contributed by atoms with Crippen LogP contribution in [0.5, 0.6) is 0 Å². The molecule has 0 aliphatic heterocycles. The predicted octanol–water partition coefficient (Wildman–Crippen LogP) is 0.738. The van der Waals surface area contributed by atoms with Gasteiger partial charge in [-0.05, 0) is 12.1 Å². The number of aromatic nitrogens is 1. The molecule has 1 N–H and O–H groups in total. The summed E-state index contributed by atoms with van der Waals surface area (Å²) >= 11 is 0. The van der Waals surface area contributed by atoms with E-state index in [1.54, 1.807) is 12.1 Å². The first kappa shape index (κ1) is 7.65. The summed E-state index contributed by atoms with van der Waals surface area (Å²) in [5, 5.41) is 1.99. The van der Waals surface area contributed by atoms with Crippen LogP contribution < -0.4 is 5.32 Å². The fraction of sp³-hybridized carbons (Fsp3) is 0.143. The summed E-state index contributed by atoms with van der Waals surface area (Å²) in [7, 11) is 0. The smallest absolute Gasteiger partial charge is 0.271 e. The lowest BCUT2D eigenvalue weighted by Crippen LogP contribution is -2.22. The molecule has 0 aliphatic rings. The number of rotatable bonds is 2. The van der Waals surface area contributed by atoms with E-state index in [1.807, 2.05) is 5.32 Å². The van der Waals surface area contributed by atoms with Gasteiger partial charge in [-0.25, -0.2) is 4.39 Å². The Bertz CT molecular complexity index is 237. The molecule has 58 valence electrons. The fourth-order valence-corrected chi connectivity index (χ4v) is 0.648. The average Bonchev–Trinajstić information content (AvgIpc) is 2.07. The molecule has 0 saturated carbocycles. The molecule has 1 amide bonds. The number of carbonyl (C=O) groups is 1. The van der Waals surface area contributed by atoms with Crippen molar-refractivity contribution in [1.82, 2.24) is 10.3 Å². The normalized spacial score (nSPS) is 9.18. The van der Waals surface area contributed by atoms with Crippen LogP contribution in [0.15, 0.2) is 24.4 Å². The molecule has 0 atom stereocenters. The first-order valence-electron chi connectivity index (χ1n) is 3.10. The zero-order valence-corrected chi connectivity index (χ0v) is 5.75. The second-order valence-electron chi connectivity index (χ2n) is 1.85. The maximum Gasteiger partial charge on any atom is 0.271 e. The molecule has 0 bridgehead atoms. The van der Waals surface area contributed by atoms with E-state index < -0.39 is 12.7 Å². The molecule has 11 heavy (non-hydrogen) atoms. The van der Waals surface area contributed by atoms with Crippen molar-refractivity contribution in [2.75, 3.05) is 6.80 Å². The zero-order chi connectivity index (χ0) is 8.10. The van der Waals surface area contributed by atoms with Crippen LogP contribution in [0.1, 0.15) is 10.5 Å². The Labute approximate surface area is 63.3 Å². The minimum absolute atomic E-state index is 0.227. The number of carbonyl (C=O) groups excluding carboxylic acids is 1. The van der Waals surface area contributed by atoms with Crippen molar-refractivity contribution < 1.29 is 9.18 Å². The Kier molecular flexibility index (Phi) is 2.54. The van der Waals surface area contributed by atoms with Crippen LogP contribution in [-0.2, 0) is 0 Å². The predicted molar refractivity (Wildman–Crippen MR) is 37.7 cm³/mol. The average molecular weight is 154 g/mol. The summed E-state index contributed by atoms with van der Waals surface area (Å²) in [6.45, 7) is -0.866. The number of amides is 1. The fourth-order valence-electron chi connectivity index (χ4n) is 0.648. The van der Waals surface area contributed by atoms with Crippen molar-refractivity contribution in [3.8, 4) is 0 Å². The standard InChI is InChI=1S/C7H7FN2O/c8-5-10-7(11)6-3-1-2-4-9-6/h1-4H,5H2,(H,10,11). The van der Waals surface area contributed by atoms with Crippen molar-refractivity contribution in [3.05, 3.63) is 30.1 Å². The van der Waals surface area contributed by atoms with Crippen LogP contribution >= 0.6 is 0 Å². The lowest BCUT2D eigenvalue weighted by Gasteiger charge is -1.97. The van der Waals surface area contributed by atoms with E-state index in [2.05, 4.69) is 4.98 Å². The molecular formula is C7H7FN2O. The van der Waals surface area contributed by atoms with Gasteiger partial charge in [0.15, 0.2) is 6.80 Å². The summed E-state index contributed by atoms with van der Waals surface area (Å²) in [6.07, 6.45) is 1.48. The van der Waals surface area contributed by atoms with E-state index in [1.165, 1.54) is 12.3 Å². The van der Waals surface area contributed by atoms with Gasteiger partial charge in [-0.2, -0.15) is 0 Å². The number of halogens is 1. The van der Waals surface area contributed by atoms with Crippen molar-refractivity contribution >= 4 is 5.91 Å². The van der Waals surface area contributed by atoms with E-state index >= 15 is 0 Å². The van der Waals surface area contributed by atoms with E-state index in [4.69, 9.17) is 0 Å². The van der Waals surface area contributed by atoms with E-state index in [0.717, 1.165) is 0 Å². The summed E-state index contributed by atoms with van der Waals surface area (Å²) in [5.41, 5.74) is 0.227. The number of pyridine rings is 1. The minimum atomic E-state index is -0.866. The first-order valence-corrected chi connectivity index (χ1v) is 3.10. The van der Waals surface area contributed by atoms with Crippen LogP contribution in [-0.4, -0.2) is 17.7 Å². The summed E-state index contributed by atoms with van der Waals surface area (Å²) in [5.74, 6) is -0.492. The molecule has 0 aromatic carbocycles. The highest BCUT2D eigenvalue weighted by Gasteiger charge is 2.02. The molecule has 4 heteroatoms. The van der Waals surface area contributed by atoms with Gasteiger partial charge in [0, 0.05) is 6.20 Å². The van der Waals surface area contributed by atoms with Gasteiger partial charge < -0.3 is 5.32 Å². The molecule has 3 nitrogen and oxygen atoms in total. The van der Waals surface area contributed by atoms with Crippen LogP contribution in [0.2, 0.25) is 0 Å². The Morgan fingerprint density at radius 2 is 2.45 bits per heavy atom. The number of nitrogens with one attached hydrogen (secondary N) is 1. The molecule has 0 radical (unpaired) electrons. The lowest BCUT2D eigenvalue weighted by atomic mass is 10.3. The second-order valence-corrected chi connectivity index (χ2v) is 1.85. The third kappa shape index (κ3) is 2.00. The van der Waals surface area contributed by atoms with Gasteiger partial charge in [0.2, 0.25) is 0 Å². The van der Waals surface area contributed by atoms with Gasteiger partial charge in [0.1, 0.15) is 5.69 Å². The molecule has 0 saturated heterocycles. The molecule has 0 spiro atoms. The molecule has 0 unspecified atom stereocenters. The van der Waals surface area contributed by atoms with E-state index in [9.17, 15) is 9.18 Å². The van der Waals surface area contributed by atoms with Crippen LogP contribution in [0.4, 0.5) is 4.39 Å². The van der Waals surface area contributed by atoms with E-state index in [-0.39, 0.29) is 5.69 Å². The summed E-state index contributed by atoms with van der Waals surface area (Å²) in [6, 6.07) is 4.87. The lowest BCUT2D eigenvalue weighted by molar-refractivity contribution is 0.0932. The van der Waals surface area contributed by atoms with Gasteiger partial charge >= 0.3 is 0 Å². The topological polar surface area (TPSA) is 42.0 Å². The maximum absolute atomic E-state index is 11.6. The van der Waals surface area contributed by atoms with Crippen LogP contribution in [0.25, 0.3) is 0 Å². The Morgan fingerprint density at radius 1 is 1.64 bits per heavy atom. The van der Waals surface area contributed by atoms with Crippen molar-refractivity contribution in [1.29, 1.82) is 0 Å². The molecule has 1 aromatic rings. The monoisotopic (exact) mass is 154 g/mol. The summed E-state index contributed by atoms with van der Waals surface area (Å²) in [4.78, 5) is 14.5. The van der Waals surface area contributed by atoms with Crippen molar-refractivity contribution in [2.45, 2.75) is 0 Å². The molecule has 0 aliphatic carbocycles. The minimum Gasteiger partial charge on any atom is -0.323 e. The first-order chi connectivity index (χ1) is 5.34. The van der Waals surface area contributed by atoms with Gasteiger partial charge in [0.25, 0.3) is 5.91 Å². The van der Waals surface area contributed by atoms with Crippen molar-refractivity contribution in [3.63, 3.8) is 0 Å². The number of alkyl halides is 1. The molecule has 1 rings (SSSR count). The maximum atomic E-state index is 11.6. The third-order valence-electron chi connectivity index (χ3n) is 1.12. The summed E-state index contributed by atoms with van der Waals surface area (Å²) < 4.78 is 11.6. The van der Waals surface area contributed by atoms with Gasteiger partial charge in [-0.1, -0.05) is 6.07 Å².